The number of thiophene rings is 3. The average Bonchev–Trinajstić information content (AvgIpc) is 1.61. The smallest absolute Gasteiger partial charge is 0.234 e. The van der Waals surface area contributed by atoms with Gasteiger partial charge in [-0.2, -0.15) is 0 Å². The summed E-state index contributed by atoms with van der Waals surface area (Å²) < 4.78 is 11.7. The number of halogens is 3. The Labute approximate surface area is 637 Å². The molecule has 15 rings (SSSR count). The van der Waals surface area contributed by atoms with Gasteiger partial charge in [-0.25, -0.2) is 0 Å². The molecule has 0 bridgehead atoms. The maximum Gasteiger partial charge on any atom is 0.234 e. The number of nitrogens with one attached hydrogen (secondary N) is 3. The van der Waals surface area contributed by atoms with Gasteiger partial charge in [-0.15, -0.1) is 64.6 Å². The molecule has 0 aliphatic carbocycles. The minimum atomic E-state index is -0.386. The Kier molecular flexibility index (Phi) is 23.5. The van der Waals surface area contributed by atoms with Crippen LogP contribution in [-0.2, 0) is 25.5 Å². The largest absolute Gasteiger partial charge is 0.379 e. The van der Waals surface area contributed by atoms with E-state index in [2.05, 4.69) is 129 Å². The van der Waals surface area contributed by atoms with Crippen molar-refractivity contribution >= 4 is 104 Å². The summed E-state index contributed by atoms with van der Waals surface area (Å²) in [5, 5.41) is 41.1. The van der Waals surface area contributed by atoms with Gasteiger partial charge in [0.05, 0.1) is 36.9 Å². The lowest BCUT2D eigenvalue weighted by Gasteiger charge is -2.31. The van der Waals surface area contributed by atoms with Crippen molar-refractivity contribution in [3.8, 4) is 15.0 Å². The lowest BCUT2D eigenvalue weighted by atomic mass is 10.00. The highest BCUT2D eigenvalue weighted by atomic mass is 35.5. The van der Waals surface area contributed by atoms with Crippen LogP contribution in [0.25, 0.3) is 15.0 Å². The maximum absolute atomic E-state index is 12.8. The van der Waals surface area contributed by atoms with E-state index >= 15 is 0 Å². The Balaban J connectivity index is 0.000000140. The predicted molar refractivity (Wildman–Crippen MR) is 417 cm³/mol. The van der Waals surface area contributed by atoms with E-state index in [9.17, 15) is 14.4 Å². The van der Waals surface area contributed by atoms with E-state index in [-0.39, 0.29) is 35.8 Å². The minimum absolute atomic E-state index is 0.00614. The van der Waals surface area contributed by atoms with Gasteiger partial charge >= 0.3 is 0 Å². The molecule has 0 radical (unpaired) electrons. The van der Waals surface area contributed by atoms with Crippen molar-refractivity contribution < 1.29 is 19.1 Å². The third-order valence-corrected chi connectivity index (χ3v) is 24.0. The number of amides is 3. The maximum atomic E-state index is 12.8. The van der Waals surface area contributed by atoms with E-state index in [1.165, 1.54) is 31.3 Å². The van der Waals surface area contributed by atoms with Gasteiger partial charge < -0.3 is 25.6 Å². The van der Waals surface area contributed by atoms with Crippen molar-refractivity contribution in [2.75, 3.05) is 92.3 Å². The summed E-state index contributed by atoms with van der Waals surface area (Å²) in [5.41, 5.74) is 13.4. The molecule has 2 fully saturated rings. The lowest BCUT2D eigenvalue weighted by Crippen LogP contribution is -2.48. The van der Waals surface area contributed by atoms with Gasteiger partial charge in [-0.3, -0.25) is 57.8 Å². The van der Waals surface area contributed by atoms with Gasteiger partial charge in [0.25, 0.3) is 0 Å². The topological polar surface area (TPSA) is 248 Å². The molecule has 0 saturated carbocycles. The Morgan fingerprint density at radius 2 is 0.857 bits per heavy atom. The first-order valence-corrected chi connectivity index (χ1v) is 38.7. The quantitative estimate of drug-likeness (QED) is 0.0767. The summed E-state index contributed by atoms with van der Waals surface area (Å²) in [6.07, 6.45) is 4.97. The molecule has 12 heterocycles. The van der Waals surface area contributed by atoms with Crippen molar-refractivity contribution in [1.82, 2.24) is 79.9 Å². The van der Waals surface area contributed by atoms with Crippen LogP contribution >= 0.6 is 68.8 Å². The third-order valence-electron chi connectivity index (χ3n) is 19.6. The minimum Gasteiger partial charge on any atom is -0.379 e. The number of ether oxygens (including phenoxy) is 1. The summed E-state index contributed by atoms with van der Waals surface area (Å²) in [7, 11) is 2.11. The highest BCUT2D eigenvalue weighted by Crippen LogP contribution is 2.42. The van der Waals surface area contributed by atoms with Crippen molar-refractivity contribution in [3.63, 3.8) is 0 Å². The number of likely N-dealkylation sites (N-methyl/N-ethyl adjacent to an activating group) is 1. The molecule has 546 valence electrons. The molecular weight excluding hydrogens is 1450 g/mol. The van der Waals surface area contributed by atoms with Crippen LogP contribution in [0.15, 0.2) is 112 Å². The van der Waals surface area contributed by atoms with E-state index in [1.807, 2.05) is 106 Å². The van der Waals surface area contributed by atoms with Gasteiger partial charge in [0.2, 0.25) is 17.7 Å². The summed E-state index contributed by atoms with van der Waals surface area (Å²) in [5.74, 6) is 4.59. The normalized spacial score (nSPS) is 17.0. The number of aliphatic imine (C=N–C) groups is 3. The number of benzene rings is 3. The van der Waals surface area contributed by atoms with Crippen LogP contribution in [0.3, 0.4) is 0 Å². The molecule has 10 aromatic rings. The van der Waals surface area contributed by atoms with Crippen LogP contribution < -0.4 is 16.0 Å². The second kappa shape index (κ2) is 33.1. The Morgan fingerprint density at radius 1 is 0.476 bits per heavy atom. The first-order valence-electron chi connectivity index (χ1n) is 35.1. The molecular formula is C76H84Cl3N19O4S3. The number of hydrogen-bond donors (Lipinski definition) is 3. The van der Waals surface area contributed by atoms with E-state index in [0.717, 1.165) is 165 Å². The predicted octanol–water partition coefficient (Wildman–Crippen LogP) is 11.7. The molecule has 3 aromatic carbocycles. The van der Waals surface area contributed by atoms with Crippen molar-refractivity contribution in [2.45, 2.75) is 99.7 Å². The van der Waals surface area contributed by atoms with Crippen LogP contribution in [-0.4, -0.2) is 191 Å². The van der Waals surface area contributed by atoms with Crippen LogP contribution in [0.1, 0.15) is 136 Å². The molecule has 7 aromatic heterocycles. The number of nitrogens with zero attached hydrogens (tertiary/aromatic N) is 16. The molecule has 0 spiro atoms. The second-order valence-electron chi connectivity index (χ2n) is 26.8. The SMILES string of the molecule is Cc1sc2c(c1C)C(c1ccc(Cl)cc1)=N[C@@H](CNC(=O)CCN1CCOCC1)c1nnc(C)n1-2.Cc1sc2c(c1C)C(c1ccc(Cl)cc1)=N[C@@H](CNC(=O)CCc1cccnc1)c1nnc(C)n1-2.Cc1sc2c(c1C)C(c1ccc(Cl)cc1)=N[C@@H](CNC(=O)CN1CCN(C)CC1)c1nnc(C)n1-2. The highest BCUT2D eigenvalue weighted by Gasteiger charge is 2.36. The van der Waals surface area contributed by atoms with Crippen molar-refractivity contribution in [2.24, 2.45) is 15.0 Å². The number of carbonyl (C=O) groups excluding carboxylic acids is 3. The first kappa shape index (κ1) is 74.7. The van der Waals surface area contributed by atoms with E-state index < -0.39 is 0 Å². The molecule has 5 aliphatic rings. The zero-order valence-electron chi connectivity index (χ0n) is 60.4. The zero-order valence-corrected chi connectivity index (χ0v) is 65.1. The number of fused-ring (bicyclic) bond motifs is 9. The van der Waals surface area contributed by atoms with Gasteiger partial charge in [0.15, 0.2) is 17.5 Å². The average molecular weight is 1530 g/mol. The van der Waals surface area contributed by atoms with E-state index in [4.69, 9.17) is 54.5 Å². The monoisotopic (exact) mass is 1530 g/mol. The number of aryl methyl sites for hydroxylation is 7. The van der Waals surface area contributed by atoms with Gasteiger partial charge in [-0.1, -0.05) is 77.3 Å². The molecule has 3 atom stereocenters. The Morgan fingerprint density at radius 3 is 1.24 bits per heavy atom. The van der Waals surface area contributed by atoms with Crippen LogP contribution in [0.4, 0.5) is 0 Å². The molecule has 0 unspecified atom stereocenters. The van der Waals surface area contributed by atoms with Crippen LogP contribution in [0, 0.1) is 62.3 Å². The summed E-state index contributed by atoms with van der Waals surface area (Å²) in [6.45, 7) is 27.7. The number of piperazine rings is 1. The fraction of sp³-hybridized carbons (Fsp3) is 0.382. The van der Waals surface area contributed by atoms with Crippen molar-refractivity contribution in [1.29, 1.82) is 0 Å². The number of rotatable bonds is 17. The molecule has 3 N–H and O–H groups in total. The molecule has 23 nitrogen and oxygen atoms in total. The molecule has 29 heteroatoms. The van der Waals surface area contributed by atoms with Gasteiger partial charge in [-0.05, 0) is 141 Å². The second-order valence-corrected chi connectivity index (χ2v) is 31.7. The first-order chi connectivity index (χ1) is 50.7. The molecule has 3 amide bonds. The zero-order chi connectivity index (χ0) is 73.7. The Bertz CT molecular complexity index is 4910. The number of morpholine rings is 1. The lowest BCUT2D eigenvalue weighted by molar-refractivity contribution is -0.123. The highest BCUT2D eigenvalue weighted by molar-refractivity contribution is 7.15. The van der Waals surface area contributed by atoms with E-state index in [1.54, 1.807) is 46.4 Å². The molecule has 5 aliphatic heterocycles. The van der Waals surface area contributed by atoms with Gasteiger partial charge in [0, 0.05) is 154 Å². The summed E-state index contributed by atoms with van der Waals surface area (Å²) in [4.78, 5) is 68.3. The standard InChI is InChI=1S/C26H25ClN6OS.C25H30ClN7OS.C25H29ClN6O2S/c1-15-16(2)35-26-23(15)24(19-7-9-20(27)10-8-19)30-21(25-32-31-17(3)33(25)26)14-29-22(34)11-6-18-5-4-12-28-13-18;1-15-16(2)35-25-22(15)23(18-5-7-19(26)8-6-18)28-20(24-30-29-17(3)33(24)25)13-27-21(34)14-32-11-9-31(4)10-12-32;1-15-16(2)35-25-22(15)23(18-4-6-19(26)7-5-18)28-20(24-30-29-17(3)32(24)25)14-27-21(33)8-9-31-10-12-34-13-11-31/h4-5,7-10,12-13,21H,6,11,14H2,1-3H3,(H,29,34);5-8,20H,9-14H2,1-4H3,(H,27,34);4-7,20H,8-14H2,1-3H3,(H,27,33)/t21-;2*20-/m000/s1. The van der Waals surface area contributed by atoms with Gasteiger partial charge in [0.1, 0.15) is 50.6 Å². The molecule has 2 saturated heterocycles. The van der Waals surface area contributed by atoms with Crippen LogP contribution in [0.2, 0.25) is 15.1 Å². The molecule has 105 heavy (non-hydrogen) atoms. The number of hydrogen-bond acceptors (Lipinski definition) is 20. The summed E-state index contributed by atoms with van der Waals surface area (Å²) >= 11 is 23.7. The van der Waals surface area contributed by atoms with Crippen molar-refractivity contribution in [3.05, 3.63) is 218 Å². The number of aromatic nitrogens is 10. The fourth-order valence-corrected chi connectivity index (χ4v) is 17.4. The number of carbonyl (C=O) groups is 3. The number of pyridine rings is 1. The van der Waals surface area contributed by atoms with E-state index in [0.29, 0.717) is 60.5 Å². The van der Waals surface area contributed by atoms with Crippen LogP contribution in [0.5, 0.6) is 0 Å². The summed E-state index contributed by atoms with van der Waals surface area (Å²) in [6, 6.07) is 26.0. The third kappa shape index (κ3) is 16.7. The Hall–Kier alpha value is -8.54. The fourth-order valence-electron chi connectivity index (χ4n) is 13.4.